The van der Waals surface area contributed by atoms with E-state index < -0.39 is 5.82 Å². The average molecular weight is 353 g/mol. The summed E-state index contributed by atoms with van der Waals surface area (Å²) in [6.45, 7) is 1.86. The molecule has 0 aliphatic carbocycles. The second-order valence-electron chi connectivity index (χ2n) is 6.58. The summed E-state index contributed by atoms with van der Waals surface area (Å²) in [5.41, 5.74) is 0. The van der Waals surface area contributed by atoms with Crippen molar-refractivity contribution in [2.45, 2.75) is 18.9 Å². The molecule has 0 spiro atoms. The van der Waals surface area contributed by atoms with Crippen molar-refractivity contribution >= 4 is 16.7 Å². The Hall–Kier alpha value is -2.73. The van der Waals surface area contributed by atoms with Crippen LogP contribution in [-0.2, 0) is 0 Å². The molecule has 0 atom stereocenters. The van der Waals surface area contributed by atoms with Gasteiger partial charge in [-0.1, -0.05) is 12.1 Å². The van der Waals surface area contributed by atoms with Crippen molar-refractivity contribution < 1.29 is 13.9 Å². The number of piperidine rings is 1. The number of carbonyl (C=O) groups is 1. The Bertz CT molecular complexity index is 911. The minimum atomic E-state index is -0.393. The Morgan fingerprint density at radius 3 is 2.85 bits per heavy atom. The molecule has 1 fully saturated rings. The highest BCUT2D eigenvalue weighted by atomic mass is 19.1. The summed E-state index contributed by atoms with van der Waals surface area (Å²) < 4.78 is 20.6. The third-order valence-electron chi connectivity index (χ3n) is 4.77. The molecule has 26 heavy (non-hydrogen) atoms. The van der Waals surface area contributed by atoms with Gasteiger partial charge in [-0.05, 0) is 31.0 Å². The third-order valence-corrected chi connectivity index (χ3v) is 4.77. The molecule has 134 valence electrons. The van der Waals surface area contributed by atoms with Crippen LogP contribution in [0.5, 0.6) is 5.75 Å². The van der Waals surface area contributed by atoms with E-state index in [0.717, 1.165) is 42.5 Å². The van der Waals surface area contributed by atoms with E-state index >= 15 is 0 Å². The van der Waals surface area contributed by atoms with Crippen LogP contribution in [-0.4, -0.2) is 46.1 Å². The predicted molar refractivity (Wildman–Crippen MR) is 96.8 cm³/mol. The number of aromatic nitrogens is 2. The minimum Gasteiger partial charge on any atom is -0.490 e. The maximum Gasteiger partial charge on any atom is 0.244 e. The van der Waals surface area contributed by atoms with Crippen LogP contribution in [0.1, 0.15) is 17.6 Å². The minimum absolute atomic E-state index is 0.116. The standard InChI is InChI=1S/C20H20FN3O2/c21-16-5-11-24(13-16)20(25)14-23-9-6-17(7-10-23)26-19-3-1-2-15-12-22-8-4-18(15)19/h1-5,8,11-13,17H,6-7,9-10,14H2. The molecule has 1 aliphatic heterocycles. The molecule has 0 bridgehead atoms. The molecule has 1 aromatic carbocycles. The summed E-state index contributed by atoms with van der Waals surface area (Å²) in [7, 11) is 0. The molecule has 4 rings (SSSR count). The third kappa shape index (κ3) is 3.60. The zero-order valence-electron chi connectivity index (χ0n) is 14.3. The molecule has 3 aromatic rings. The number of rotatable bonds is 4. The number of hydrogen-bond acceptors (Lipinski definition) is 4. The number of fused-ring (bicyclic) bond motifs is 1. The Kier molecular flexibility index (Phi) is 4.67. The van der Waals surface area contributed by atoms with E-state index in [4.69, 9.17) is 4.74 Å². The van der Waals surface area contributed by atoms with E-state index in [-0.39, 0.29) is 12.0 Å². The van der Waals surface area contributed by atoms with Crippen molar-refractivity contribution in [2.75, 3.05) is 19.6 Å². The van der Waals surface area contributed by atoms with E-state index in [9.17, 15) is 9.18 Å². The second kappa shape index (κ2) is 7.25. The normalized spacial score (nSPS) is 16.0. The number of benzene rings is 1. The second-order valence-corrected chi connectivity index (χ2v) is 6.58. The number of hydrogen-bond donors (Lipinski definition) is 0. The van der Waals surface area contributed by atoms with E-state index in [1.807, 2.05) is 30.5 Å². The number of nitrogens with zero attached hydrogens (tertiary/aromatic N) is 3. The van der Waals surface area contributed by atoms with Crippen LogP contribution in [0, 0.1) is 5.82 Å². The lowest BCUT2D eigenvalue weighted by Gasteiger charge is -2.31. The maximum atomic E-state index is 13.0. The number of likely N-dealkylation sites (tertiary alicyclic amines) is 1. The van der Waals surface area contributed by atoms with Crippen molar-refractivity contribution in [2.24, 2.45) is 0 Å². The molecule has 0 N–H and O–H groups in total. The van der Waals surface area contributed by atoms with Crippen LogP contribution in [0.4, 0.5) is 4.39 Å². The van der Waals surface area contributed by atoms with Gasteiger partial charge in [-0.2, -0.15) is 0 Å². The molecule has 0 radical (unpaired) electrons. The molecule has 0 unspecified atom stereocenters. The van der Waals surface area contributed by atoms with Gasteiger partial charge < -0.3 is 4.74 Å². The molecule has 3 heterocycles. The zero-order chi connectivity index (χ0) is 17.9. The van der Waals surface area contributed by atoms with Gasteiger partial charge in [0.2, 0.25) is 5.91 Å². The first-order valence-electron chi connectivity index (χ1n) is 8.77. The van der Waals surface area contributed by atoms with Gasteiger partial charge in [0.05, 0.1) is 6.54 Å². The quantitative estimate of drug-likeness (QED) is 0.722. The molecule has 0 amide bonds. The number of ether oxygens (including phenoxy) is 1. The molecular weight excluding hydrogens is 333 g/mol. The number of pyridine rings is 1. The topological polar surface area (TPSA) is 47.4 Å². The van der Waals surface area contributed by atoms with Crippen LogP contribution >= 0.6 is 0 Å². The molecular formula is C20H20FN3O2. The highest BCUT2D eigenvalue weighted by Crippen LogP contribution is 2.27. The van der Waals surface area contributed by atoms with Crippen molar-refractivity contribution in [1.29, 1.82) is 0 Å². The first-order valence-corrected chi connectivity index (χ1v) is 8.77. The van der Waals surface area contributed by atoms with Gasteiger partial charge in [0, 0.05) is 48.6 Å². The Balaban J connectivity index is 1.34. The SMILES string of the molecule is O=C(CN1CCC(Oc2cccc3cnccc23)CC1)n1ccc(F)c1. The van der Waals surface area contributed by atoms with E-state index in [2.05, 4.69) is 9.88 Å². The van der Waals surface area contributed by atoms with Crippen LogP contribution in [0.2, 0.25) is 0 Å². The van der Waals surface area contributed by atoms with E-state index in [1.54, 1.807) is 6.20 Å². The maximum absolute atomic E-state index is 13.0. The van der Waals surface area contributed by atoms with Gasteiger partial charge in [0.25, 0.3) is 0 Å². The summed E-state index contributed by atoms with van der Waals surface area (Å²) >= 11 is 0. The fourth-order valence-electron chi connectivity index (χ4n) is 3.36. The first-order chi connectivity index (χ1) is 12.7. The Morgan fingerprint density at radius 1 is 1.23 bits per heavy atom. The van der Waals surface area contributed by atoms with Crippen molar-refractivity contribution in [3.05, 3.63) is 60.9 Å². The average Bonchev–Trinajstić information content (AvgIpc) is 3.10. The first kappa shape index (κ1) is 16.7. The molecule has 1 aliphatic rings. The molecule has 2 aromatic heterocycles. The van der Waals surface area contributed by atoms with Crippen LogP contribution in [0.15, 0.2) is 55.1 Å². The highest BCUT2D eigenvalue weighted by molar-refractivity contribution is 5.87. The van der Waals surface area contributed by atoms with Crippen LogP contribution in [0.25, 0.3) is 10.8 Å². The summed E-state index contributed by atoms with van der Waals surface area (Å²) in [6, 6.07) is 9.24. The zero-order valence-corrected chi connectivity index (χ0v) is 14.3. The lowest BCUT2D eigenvalue weighted by molar-refractivity contribution is 0.0728. The smallest absolute Gasteiger partial charge is 0.244 e. The number of halogens is 1. The molecule has 1 saturated heterocycles. The Morgan fingerprint density at radius 2 is 2.08 bits per heavy atom. The van der Waals surface area contributed by atoms with Crippen molar-refractivity contribution in [3.63, 3.8) is 0 Å². The van der Waals surface area contributed by atoms with Gasteiger partial charge in [0.15, 0.2) is 0 Å². The van der Waals surface area contributed by atoms with E-state index in [1.165, 1.54) is 23.0 Å². The van der Waals surface area contributed by atoms with Crippen molar-refractivity contribution in [3.8, 4) is 5.75 Å². The summed E-state index contributed by atoms with van der Waals surface area (Å²) in [5, 5.41) is 2.13. The molecule has 6 heteroatoms. The van der Waals surface area contributed by atoms with E-state index in [0.29, 0.717) is 6.54 Å². The Labute approximate surface area is 151 Å². The summed E-state index contributed by atoms with van der Waals surface area (Å²) in [5.74, 6) is 0.368. The predicted octanol–water partition coefficient (Wildman–Crippen LogP) is 3.36. The fraction of sp³-hybridized carbons (Fsp3) is 0.300. The largest absolute Gasteiger partial charge is 0.490 e. The molecule has 0 saturated carbocycles. The summed E-state index contributed by atoms with van der Waals surface area (Å²) in [4.78, 5) is 18.4. The van der Waals surface area contributed by atoms with Crippen LogP contribution in [0.3, 0.4) is 0 Å². The van der Waals surface area contributed by atoms with Crippen LogP contribution < -0.4 is 4.74 Å². The lowest BCUT2D eigenvalue weighted by Crippen LogP contribution is -2.41. The monoisotopic (exact) mass is 353 g/mol. The van der Waals surface area contributed by atoms with Gasteiger partial charge in [-0.3, -0.25) is 19.2 Å². The summed E-state index contributed by atoms with van der Waals surface area (Å²) in [6.07, 6.45) is 8.12. The highest BCUT2D eigenvalue weighted by Gasteiger charge is 2.23. The lowest BCUT2D eigenvalue weighted by atomic mass is 10.1. The van der Waals surface area contributed by atoms with Gasteiger partial charge >= 0.3 is 0 Å². The van der Waals surface area contributed by atoms with Gasteiger partial charge in [-0.15, -0.1) is 0 Å². The molecule has 5 nitrogen and oxygen atoms in total. The van der Waals surface area contributed by atoms with Crippen molar-refractivity contribution in [1.82, 2.24) is 14.5 Å². The fourth-order valence-corrected chi connectivity index (χ4v) is 3.36. The number of carbonyl (C=O) groups excluding carboxylic acids is 1. The van der Waals surface area contributed by atoms with Gasteiger partial charge in [0.1, 0.15) is 17.7 Å². The van der Waals surface area contributed by atoms with Gasteiger partial charge in [-0.25, -0.2) is 4.39 Å².